The lowest BCUT2D eigenvalue weighted by Gasteiger charge is -2.38. The van der Waals surface area contributed by atoms with Crippen molar-refractivity contribution < 1.29 is 0 Å². The number of aromatic nitrogens is 2. The Morgan fingerprint density at radius 2 is 2.10 bits per heavy atom. The average molecular weight is 274 g/mol. The Bertz CT molecular complexity index is 523. The third-order valence-corrected chi connectivity index (χ3v) is 4.54. The summed E-state index contributed by atoms with van der Waals surface area (Å²) < 4.78 is 2.15. The third kappa shape index (κ3) is 2.73. The predicted molar refractivity (Wildman–Crippen MR) is 80.6 cm³/mol. The van der Waals surface area contributed by atoms with Crippen molar-refractivity contribution in [3.8, 4) is 6.07 Å². The van der Waals surface area contributed by atoms with Crippen LogP contribution in [0.4, 0.5) is 0 Å². The molecule has 2 atom stereocenters. The van der Waals surface area contributed by atoms with Crippen molar-refractivity contribution in [2.45, 2.75) is 77.9 Å². The Morgan fingerprint density at radius 3 is 2.60 bits per heavy atom. The highest BCUT2D eigenvalue weighted by Crippen LogP contribution is 2.36. The van der Waals surface area contributed by atoms with E-state index < -0.39 is 5.54 Å². The Balaban J connectivity index is 2.26. The number of nitrogens with zero attached hydrogens (tertiary/aromatic N) is 3. The van der Waals surface area contributed by atoms with Crippen molar-refractivity contribution in [1.29, 1.82) is 5.26 Å². The van der Waals surface area contributed by atoms with Gasteiger partial charge in [-0.05, 0) is 59.4 Å². The van der Waals surface area contributed by atoms with Crippen LogP contribution in [0.25, 0.3) is 0 Å². The van der Waals surface area contributed by atoms with Crippen molar-refractivity contribution in [1.82, 2.24) is 15.1 Å². The number of nitrogens with one attached hydrogen (secondary N) is 1. The minimum absolute atomic E-state index is 0.329. The molecule has 110 valence electrons. The van der Waals surface area contributed by atoms with E-state index in [1.165, 1.54) is 11.3 Å². The van der Waals surface area contributed by atoms with Gasteiger partial charge in [0, 0.05) is 18.2 Å². The molecule has 1 aliphatic rings. The van der Waals surface area contributed by atoms with E-state index in [9.17, 15) is 5.26 Å². The molecule has 0 spiro atoms. The number of hydrogen-bond acceptors (Lipinski definition) is 3. The Kier molecular flexibility index (Phi) is 4.19. The van der Waals surface area contributed by atoms with Gasteiger partial charge in [-0.2, -0.15) is 10.4 Å². The molecule has 0 amide bonds. The maximum Gasteiger partial charge on any atom is 0.109 e. The quantitative estimate of drug-likeness (QED) is 0.921. The molecule has 4 nitrogen and oxygen atoms in total. The van der Waals surface area contributed by atoms with Crippen LogP contribution in [0, 0.1) is 32.1 Å². The lowest BCUT2D eigenvalue weighted by Crippen LogP contribution is -2.50. The minimum Gasteiger partial charge on any atom is -0.297 e. The molecule has 1 heterocycles. The van der Waals surface area contributed by atoms with E-state index in [0.717, 1.165) is 31.4 Å². The van der Waals surface area contributed by atoms with Gasteiger partial charge in [0.1, 0.15) is 5.54 Å². The summed E-state index contributed by atoms with van der Waals surface area (Å²) in [6.45, 7) is 10.5. The highest BCUT2D eigenvalue weighted by Gasteiger charge is 2.38. The van der Waals surface area contributed by atoms with Gasteiger partial charge in [-0.25, -0.2) is 0 Å². The molecule has 1 N–H and O–H groups in total. The largest absolute Gasteiger partial charge is 0.297 e. The second kappa shape index (κ2) is 5.57. The van der Waals surface area contributed by atoms with Gasteiger partial charge in [0.05, 0.1) is 17.8 Å². The van der Waals surface area contributed by atoms with Crippen molar-refractivity contribution in [3.05, 3.63) is 17.0 Å². The zero-order chi connectivity index (χ0) is 14.9. The van der Waals surface area contributed by atoms with E-state index in [0.29, 0.717) is 12.1 Å². The molecule has 20 heavy (non-hydrogen) atoms. The summed E-state index contributed by atoms with van der Waals surface area (Å²) in [5, 5.41) is 17.8. The highest BCUT2D eigenvalue weighted by molar-refractivity contribution is 5.23. The van der Waals surface area contributed by atoms with E-state index in [-0.39, 0.29) is 0 Å². The molecular formula is C16H26N4. The SMILES string of the molecule is Cc1nn(C2CCCC(C#N)(NC(C)C)C2)c(C)c1C. The van der Waals surface area contributed by atoms with Crippen molar-refractivity contribution in [2.24, 2.45) is 0 Å². The van der Waals surface area contributed by atoms with Crippen molar-refractivity contribution in [2.75, 3.05) is 0 Å². The van der Waals surface area contributed by atoms with Crippen LogP contribution >= 0.6 is 0 Å². The summed E-state index contributed by atoms with van der Waals surface area (Å²) in [6.07, 6.45) is 3.99. The average Bonchev–Trinajstić information content (AvgIpc) is 2.66. The van der Waals surface area contributed by atoms with Gasteiger partial charge < -0.3 is 0 Å². The van der Waals surface area contributed by atoms with Crippen LogP contribution in [-0.2, 0) is 0 Å². The lowest BCUT2D eigenvalue weighted by molar-refractivity contribution is 0.207. The molecule has 2 unspecified atom stereocenters. The number of nitriles is 1. The molecule has 1 fully saturated rings. The Hall–Kier alpha value is -1.34. The van der Waals surface area contributed by atoms with Gasteiger partial charge in [-0.3, -0.25) is 10.00 Å². The minimum atomic E-state index is -0.392. The summed E-state index contributed by atoms with van der Waals surface area (Å²) >= 11 is 0. The number of aryl methyl sites for hydroxylation is 1. The van der Waals surface area contributed by atoms with E-state index in [2.05, 4.69) is 50.7 Å². The highest BCUT2D eigenvalue weighted by atomic mass is 15.3. The van der Waals surface area contributed by atoms with Gasteiger partial charge in [0.15, 0.2) is 0 Å². The molecule has 0 saturated heterocycles. The van der Waals surface area contributed by atoms with Crippen LogP contribution in [0.3, 0.4) is 0 Å². The van der Waals surface area contributed by atoms with Crippen LogP contribution in [-0.4, -0.2) is 21.4 Å². The van der Waals surface area contributed by atoms with Crippen LogP contribution < -0.4 is 5.32 Å². The van der Waals surface area contributed by atoms with Gasteiger partial charge >= 0.3 is 0 Å². The standard InChI is InChI=1S/C16H26N4/c1-11(2)18-16(10-17)8-6-7-15(9-16)20-14(5)12(3)13(4)19-20/h11,15,18H,6-9H2,1-5H3. The van der Waals surface area contributed by atoms with Crippen LogP contribution in [0.5, 0.6) is 0 Å². The van der Waals surface area contributed by atoms with Gasteiger partial charge in [-0.1, -0.05) is 0 Å². The second-order valence-electron chi connectivity index (χ2n) is 6.48. The molecule has 4 heteroatoms. The fourth-order valence-corrected chi connectivity index (χ4v) is 3.37. The summed E-state index contributed by atoms with van der Waals surface area (Å²) in [5.74, 6) is 0. The lowest BCUT2D eigenvalue weighted by atomic mass is 9.79. The zero-order valence-corrected chi connectivity index (χ0v) is 13.3. The number of rotatable bonds is 3. The van der Waals surface area contributed by atoms with Crippen molar-refractivity contribution in [3.63, 3.8) is 0 Å². The molecule has 1 aliphatic carbocycles. The van der Waals surface area contributed by atoms with Crippen LogP contribution in [0.2, 0.25) is 0 Å². The molecule has 0 bridgehead atoms. The topological polar surface area (TPSA) is 53.6 Å². The van der Waals surface area contributed by atoms with Crippen LogP contribution in [0.15, 0.2) is 0 Å². The first kappa shape index (κ1) is 15.1. The zero-order valence-electron chi connectivity index (χ0n) is 13.3. The van der Waals surface area contributed by atoms with Crippen molar-refractivity contribution >= 4 is 0 Å². The molecular weight excluding hydrogens is 248 g/mol. The molecule has 1 saturated carbocycles. The fourth-order valence-electron chi connectivity index (χ4n) is 3.37. The molecule has 0 radical (unpaired) electrons. The first-order valence-electron chi connectivity index (χ1n) is 7.60. The normalized spacial score (nSPS) is 26.8. The summed E-state index contributed by atoms with van der Waals surface area (Å²) in [5.41, 5.74) is 3.23. The number of hydrogen-bond donors (Lipinski definition) is 1. The van der Waals surface area contributed by atoms with Gasteiger partial charge in [0.2, 0.25) is 0 Å². The third-order valence-electron chi connectivity index (χ3n) is 4.54. The Morgan fingerprint density at radius 1 is 1.40 bits per heavy atom. The smallest absolute Gasteiger partial charge is 0.109 e. The Labute approximate surface area is 122 Å². The van der Waals surface area contributed by atoms with Gasteiger partial charge in [-0.15, -0.1) is 0 Å². The molecule has 0 aliphatic heterocycles. The first-order valence-corrected chi connectivity index (χ1v) is 7.60. The monoisotopic (exact) mass is 274 g/mol. The summed E-state index contributed by atoms with van der Waals surface area (Å²) in [7, 11) is 0. The maximum absolute atomic E-state index is 9.64. The van der Waals surface area contributed by atoms with E-state index >= 15 is 0 Å². The van der Waals surface area contributed by atoms with E-state index in [4.69, 9.17) is 5.10 Å². The fraction of sp³-hybridized carbons (Fsp3) is 0.750. The van der Waals surface area contributed by atoms with E-state index in [1.54, 1.807) is 0 Å². The maximum atomic E-state index is 9.64. The molecule has 2 rings (SSSR count). The predicted octanol–water partition coefficient (Wildman–Crippen LogP) is 3.18. The summed E-state index contributed by atoms with van der Waals surface area (Å²) in [4.78, 5) is 0. The molecule has 1 aromatic rings. The second-order valence-corrected chi connectivity index (χ2v) is 6.48. The first-order chi connectivity index (χ1) is 9.38. The van der Waals surface area contributed by atoms with Crippen LogP contribution in [0.1, 0.15) is 62.5 Å². The van der Waals surface area contributed by atoms with Gasteiger partial charge in [0.25, 0.3) is 0 Å². The molecule has 0 aromatic carbocycles. The summed E-state index contributed by atoms with van der Waals surface area (Å²) in [6, 6.07) is 3.20. The molecule has 1 aromatic heterocycles. The van der Waals surface area contributed by atoms with E-state index in [1.807, 2.05) is 0 Å².